The van der Waals surface area contributed by atoms with Gasteiger partial charge in [0.2, 0.25) is 0 Å². The summed E-state index contributed by atoms with van der Waals surface area (Å²) in [7, 11) is 0. The van der Waals surface area contributed by atoms with Gasteiger partial charge in [0.05, 0.1) is 12.7 Å². The summed E-state index contributed by atoms with van der Waals surface area (Å²) in [5.41, 5.74) is 0. The van der Waals surface area contributed by atoms with Crippen LogP contribution in [0.5, 0.6) is 0 Å². The van der Waals surface area contributed by atoms with Crippen LogP contribution in [-0.4, -0.2) is 24.4 Å². The van der Waals surface area contributed by atoms with Crippen molar-refractivity contribution in [2.75, 3.05) is 13.2 Å². The van der Waals surface area contributed by atoms with Crippen LogP contribution in [0.4, 0.5) is 0 Å². The van der Waals surface area contributed by atoms with Crippen LogP contribution in [-0.2, 0) is 4.74 Å². The Hall–Kier alpha value is -0.0800. The maximum absolute atomic E-state index is 9.48. The molecule has 2 nitrogen and oxygen atoms in total. The molecule has 1 N–H and O–H groups in total. The van der Waals surface area contributed by atoms with E-state index in [1.54, 1.807) is 0 Å². The lowest BCUT2D eigenvalue weighted by molar-refractivity contribution is 0.00497. The Morgan fingerprint density at radius 3 is 1.17 bits per heavy atom. The smallest absolute Gasteiger partial charge is 0.0805 e. The lowest BCUT2D eigenvalue weighted by atomic mass is 10.0. The molecule has 0 heterocycles. The van der Waals surface area contributed by atoms with E-state index in [0.717, 1.165) is 19.4 Å². The Bertz CT molecular complexity index is 292. The summed E-state index contributed by atoms with van der Waals surface area (Å²) in [6, 6.07) is 0. The van der Waals surface area contributed by atoms with E-state index in [4.69, 9.17) is 4.74 Å². The molecular formula is C28H58O2. The second kappa shape index (κ2) is 27.0. The lowest BCUT2D eigenvalue weighted by Crippen LogP contribution is -2.18. The van der Waals surface area contributed by atoms with E-state index >= 15 is 0 Å². The monoisotopic (exact) mass is 426 g/mol. The van der Waals surface area contributed by atoms with Crippen molar-refractivity contribution >= 4 is 0 Å². The molecule has 0 bridgehead atoms. The molecule has 0 fully saturated rings. The Kier molecular flexibility index (Phi) is 26.9. The van der Waals surface area contributed by atoms with Crippen LogP contribution in [0.15, 0.2) is 0 Å². The van der Waals surface area contributed by atoms with E-state index in [-0.39, 0.29) is 12.7 Å². The predicted molar refractivity (Wildman–Crippen MR) is 134 cm³/mol. The molecule has 0 aromatic rings. The van der Waals surface area contributed by atoms with E-state index in [0.29, 0.717) is 0 Å². The number of aliphatic hydroxyl groups is 1. The molecule has 1 unspecified atom stereocenters. The minimum Gasteiger partial charge on any atom is -0.394 e. The van der Waals surface area contributed by atoms with E-state index < -0.39 is 0 Å². The predicted octanol–water partition coefficient (Wildman–Crippen LogP) is 9.38. The van der Waals surface area contributed by atoms with Gasteiger partial charge in [0.15, 0.2) is 0 Å². The average molecular weight is 427 g/mol. The molecule has 0 spiro atoms. The van der Waals surface area contributed by atoms with Crippen LogP contribution in [0, 0.1) is 0 Å². The van der Waals surface area contributed by atoms with Crippen molar-refractivity contribution in [2.45, 2.75) is 168 Å². The molecule has 0 aliphatic carbocycles. The van der Waals surface area contributed by atoms with Crippen molar-refractivity contribution in [3.05, 3.63) is 0 Å². The fourth-order valence-corrected chi connectivity index (χ4v) is 4.28. The number of unbranched alkanes of at least 4 members (excludes halogenated alkanes) is 20. The fourth-order valence-electron chi connectivity index (χ4n) is 4.28. The van der Waals surface area contributed by atoms with Crippen LogP contribution in [0.25, 0.3) is 0 Å². The zero-order valence-corrected chi connectivity index (χ0v) is 21.1. The van der Waals surface area contributed by atoms with Gasteiger partial charge in [0.1, 0.15) is 0 Å². The lowest BCUT2D eigenvalue weighted by Gasteiger charge is -2.15. The van der Waals surface area contributed by atoms with Crippen LogP contribution >= 0.6 is 0 Å². The van der Waals surface area contributed by atoms with Gasteiger partial charge in [0.25, 0.3) is 0 Å². The fraction of sp³-hybridized carbons (Fsp3) is 1.00. The first-order valence-corrected chi connectivity index (χ1v) is 14.1. The summed E-state index contributed by atoms with van der Waals surface area (Å²) < 4.78 is 5.89. The Labute approximate surface area is 191 Å². The Balaban J connectivity index is 3.20. The van der Waals surface area contributed by atoms with Crippen LogP contribution in [0.2, 0.25) is 0 Å². The molecular weight excluding hydrogens is 368 g/mol. The zero-order chi connectivity index (χ0) is 22.0. The topological polar surface area (TPSA) is 29.5 Å². The minimum atomic E-state index is 0.0764. The number of hydrogen-bond donors (Lipinski definition) is 1. The molecule has 1 atom stereocenters. The third-order valence-electron chi connectivity index (χ3n) is 6.43. The first kappa shape index (κ1) is 29.9. The quantitative estimate of drug-likeness (QED) is 0.140. The first-order chi connectivity index (χ1) is 14.8. The molecule has 0 aromatic heterocycles. The number of ether oxygens (including phenoxy) is 1. The van der Waals surface area contributed by atoms with Crippen LogP contribution < -0.4 is 0 Å². The molecule has 182 valence electrons. The van der Waals surface area contributed by atoms with E-state index in [2.05, 4.69) is 13.8 Å². The maximum atomic E-state index is 9.48. The van der Waals surface area contributed by atoms with Crippen molar-refractivity contribution in [2.24, 2.45) is 0 Å². The van der Waals surface area contributed by atoms with Gasteiger partial charge < -0.3 is 9.84 Å². The van der Waals surface area contributed by atoms with Crippen molar-refractivity contribution in [1.82, 2.24) is 0 Å². The maximum Gasteiger partial charge on any atom is 0.0805 e. The van der Waals surface area contributed by atoms with Gasteiger partial charge in [0, 0.05) is 6.61 Å². The van der Waals surface area contributed by atoms with E-state index in [9.17, 15) is 5.11 Å². The molecule has 30 heavy (non-hydrogen) atoms. The molecule has 0 radical (unpaired) electrons. The molecule has 0 saturated heterocycles. The Morgan fingerprint density at radius 1 is 0.467 bits per heavy atom. The summed E-state index contributed by atoms with van der Waals surface area (Å²) in [6.45, 7) is 5.57. The minimum absolute atomic E-state index is 0.0764. The second-order valence-electron chi connectivity index (χ2n) is 9.54. The summed E-state index contributed by atoms with van der Waals surface area (Å²) in [6.07, 6.45) is 31.4. The molecule has 0 amide bonds. The summed E-state index contributed by atoms with van der Waals surface area (Å²) >= 11 is 0. The normalized spacial score (nSPS) is 12.5. The van der Waals surface area contributed by atoms with Gasteiger partial charge in [-0.2, -0.15) is 0 Å². The number of hydrogen-bond acceptors (Lipinski definition) is 2. The van der Waals surface area contributed by atoms with Crippen LogP contribution in [0.1, 0.15) is 162 Å². The SMILES string of the molecule is CCCCCCCCCCCCCCCCCCOC(CO)CCCCCCCC. The standard InChI is InChI=1S/C28H58O2/c1-3-5-7-9-11-12-13-14-15-16-17-18-19-20-22-24-26-30-28(27-29)25-23-21-10-8-6-4-2/h28-29H,3-27H2,1-2H3. The van der Waals surface area contributed by atoms with Gasteiger partial charge in [-0.15, -0.1) is 0 Å². The first-order valence-electron chi connectivity index (χ1n) is 14.1. The third-order valence-corrected chi connectivity index (χ3v) is 6.43. The highest BCUT2D eigenvalue weighted by Crippen LogP contribution is 2.14. The summed E-state index contributed by atoms with van der Waals surface area (Å²) in [4.78, 5) is 0. The number of rotatable bonds is 26. The second-order valence-corrected chi connectivity index (χ2v) is 9.54. The van der Waals surface area contributed by atoms with Gasteiger partial charge in [-0.3, -0.25) is 0 Å². The molecule has 0 aliphatic rings. The third kappa shape index (κ3) is 24.2. The van der Waals surface area contributed by atoms with Crippen molar-refractivity contribution < 1.29 is 9.84 Å². The van der Waals surface area contributed by atoms with Gasteiger partial charge in [-0.05, 0) is 12.8 Å². The van der Waals surface area contributed by atoms with Crippen molar-refractivity contribution in [3.8, 4) is 0 Å². The number of aliphatic hydroxyl groups excluding tert-OH is 1. The summed E-state index contributed by atoms with van der Waals surface area (Å²) in [5, 5.41) is 9.48. The highest BCUT2D eigenvalue weighted by atomic mass is 16.5. The van der Waals surface area contributed by atoms with Gasteiger partial charge in [-0.1, -0.05) is 149 Å². The highest BCUT2D eigenvalue weighted by molar-refractivity contribution is 4.57. The van der Waals surface area contributed by atoms with Crippen molar-refractivity contribution in [3.63, 3.8) is 0 Å². The largest absolute Gasteiger partial charge is 0.394 e. The highest BCUT2D eigenvalue weighted by Gasteiger charge is 2.07. The van der Waals surface area contributed by atoms with E-state index in [1.807, 2.05) is 0 Å². The molecule has 0 rings (SSSR count). The van der Waals surface area contributed by atoms with E-state index in [1.165, 1.54) is 135 Å². The summed E-state index contributed by atoms with van der Waals surface area (Å²) in [5.74, 6) is 0. The zero-order valence-electron chi connectivity index (χ0n) is 21.1. The molecule has 0 aromatic carbocycles. The van der Waals surface area contributed by atoms with Gasteiger partial charge >= 0.3 is 0 Å². The Morgan fingerprint density at radius 2 is 0.800 bits per heavy atom. The average Bonchev–Trinajstić information content (AvgIpc) is 2.76. The van der Waals surface area contributed by atoms with Crippen LogP contribution in [0.3, 0.4) is 0 Å². The van der Waals surface area contributed by atoms with Gasteiger partial charge in [-0.25, -0.2) is 0 Å². The molecule has 2 heteroatoms. The molecule has 0 aliphatic heterocycles. The molecule has 0 saturated carbocycles. The van der Waals surface area contributed by atoms with Crippen molar-refractivity contribution in [1.29, 1.82) is 0 Å².